The predicted molar refractivity (Wildman–Crippen MR) is 78.7 cm³/mol. The molecule has 1 unspecified atom stereocenters. The summed E-state index contributed by atoms with van der Waals surface area (Å²) in [5.74, 6) is -0.714. The third-order valence-electron chi connectivity index (χ3n) is 3.01. The highest BCUT2D eigenvalue weighted by atomic mass is 79.9. The van der Waals surface area contributed by atoms with E-state index in [0.29, 0.717) is 15.7 Å². The summed E-state index contributed by atoms with van der Waals surface area (Å²) in [6.45, 7) is 2.06. The molecule has 20 heavy (non-hydrogen) atoms. The molecular formula is C15H14BrF2NO. The molecule has 2 aromatic carbocycles. The second-order valence-electron chi connectivity index (χ2n) is 4.53. The van der Waals surface area contributed by atoms with Crippen LogP contribution in [0.4, 0.5) is 14.5 Å². The molecule has 0 fully saturated rings. The van der Waals surface area contributed by atoms with Crippen molar-refractivity contribution < 1.29 is 13.9 Å². The summed E-state index contributed by atoms with van der Waals surface area (Å²) < 4.78 is 26.7. The molecule has 2 aromatic rings. The van der Waals surface area contributed by atoms with E-state index >= 15 is 0 Å². The summed E-state index contributed by atoms with van der Waals surface area (Å²) in [7, 11) is 0. The Labute approximate surface area is 124 Å². The molecule has 0 saturated heterocycles. The number of nitrogens with one attached hydrogen (secondary N) is 1. The van der Waals surface area contributed by atoms with E-state index < -0.39 is 6.10 Å². The van der Waals surface area contributed by atoms with E-state index in [-0.39, 0.29) is 18.2 Å². The van der Waals surface area contributed by atoms with Crippen LogP contribution in [0.25, 0.3) is 0 Å². The molecule has 0 amide bonds. The van der Waals surface area contributed by atoms with Crippen molar-refractivity contribution in [1.29, 1.82) is 0 Å². The molecule has 0 radical (unpaired) electrons. The quantitative estimate of drug-likeness (QED) is 0.874. The highest BCUT2D eigenvalue weighted by Crippen LogP contribution is 2.24. The van der Waals surface area contributed by atoms with Crippen molar-refractivity contribution in [3.63, 3.8) is 0 Å². The first-order chi connectivity index (χ1) is 9.47. The van der Waals surface area contributed by atoms with Crippen LogP contribution in [0.2, 0.25) is 0 Å². The molecule has 0 bridgehead atoms. The van der Waals surface area contributed by atoms with E-state index in [1.807, 2.05) is 6.92 Å². The van der Waals surface area contributed by atoms with Crippen molar-refractivity contribution >= 4 is 21.6 Å². The van der Waals surface area contributed by atoms with Gasteiger partial charge >= 0.3 is 0 Å². The van der Waals surface area contributed by atoms with Crippen LogP contribution in [0.1, 0.15) is 17.2 Å². The van der Waals surface area contributed by atoms with Gasteiger partial charge < -0.3 is 10.4 Å². The van der Waals surface area contributed by atoms with Gasteiger partial charge in [0.05, 0.1) is 10.6 Å². The van der Waals surface area contributed by atoms with E-state index in [1.54, 1.807) is 6.07 Å². The molecule has 2 nitrogen and oxygen atoms in total. The Hall–Kier alpha value is -1.46. The Balaban J connectivity index is 2.05. The van der Waals surface area contributed by atoms with Gasteiger partial charge in [-0.25, -0.2) is 8.78 Å². The topological polar surface area (TPSA) is 32.3 Å². The van der Waals surface area contributed by atoms with Crippen LogP contribution in [-0.2, 0) is 0 Å². The van der Waals surface area contributed by atoms with Crippen LogP contribution in [-0.4, -0.2) is 11.7 Å². The minimum atomic E-state index is -0.790. The smallest absolute Gasteiger partial charge is 0.139 e. The lowest BCUT2D eigenvalue weighted by Crippen LogP contribution is -2.13. The average Bonchev–Trinajstić information content (AvgIpc) is 2.42. The number of aliphatic hydroxyl groups excluding tert-OH is 1. The van der Waals surface area contributed by atoms with E-state index in [1.165, 1.54) is 30.3 Å². The zero-order chi connectivity index (χ0) is 14.7. The van der Waals surface area contributed by atoms with Gasteiger partial charge in [-0.2, -0.15) is 0 Å². The van der Waals surface area contributed by atoms with Gasteiger partial charge in [-0.1, -0.05) is 12.1 Å². The van der Waals surface area contributed by atoms with E-state index in [9.17, 15) is 13.9 Å². The summed E-state index contributed by atoms with van der Waals surface area (Å²) in [5, 5.41) is 13.0. The van der Waals surface area contributed by atoms with Crippen molar-refractivity contribution in [2.75, 3.05) is 11.9 Å². The first-order valence-corrected chi connectivity index (χ1v) is 6.89. The first-order valence-electron chi connectivity index (χ1n) is 6.10. The molecule has 0 aliphatic heterocycles. The number of halogens is 3. The van der Waals surface area contributed by atoms with Crippen molar-refractivity contribution in [1.82, 2.24) is 0 Å². The van der Waals surface area contributed by atoms with Crippen molar-refractivity contribution in [2.24, 2.45) is 0 Å². The van der Waals surface area contributed by atoms with Crippen molar-refractivity contribution in [3.8, 4) is 0 Å². The summed E-state index contributed by atoms with van der Waals surface area (Å²) in [4.78, 5) is 0. The summed E-state index contributed by atoms with van der Waals surface area (Å²) in [6, 6.07) is 8.68. The highest BCUT2D eigenvalue weighted by Gasteiger charge is 2.10. The largest absolute Gasteiger partial charge is 0.387 e. The molecular weight excluding hydrogens is 328 g/mol. The number of hydrogen-bond donors (Lipinski definition) is 2. The minimum Gasteiger partial charge on any atom is -0.387 e. The Kier molecular flexibility index (Phi) is 4.73. The second-order valence-corrected chi connectivity index (χ2v) is 5.38. The standard InChI is InChI=1S/C15H14BrF2NO/c1-9-6-12(16)13(18)7-14(9)19-8-15(20)10-2-4-11(17)5-3-10/h2-7,15,19-20H,8H2,1H3. The van der Waals surface area contributed by atoms with Crippen molar-refractivity contribution in [3.05, 3.63) is 63.6 Å². The van der Waals surface area contributed by atoms with Crippen LogP contribution in [0, 0.1) is 18.6 Å². The summed E-state index contributed by atoms with van der Waals surface area (Å²) in [6.07, 6.45) is -0.790. The average molecular weight is 342 g/mol. The van der Waals surface area contributed by atoms with E-state index in [4.69, 9.17) is 0 Å². The minimum absolute atomic E-state index is 0.216. The van der Waals surface area contributed by atoms with Gasteiger partial charge in [-0.15, -0.1) is 0 Å². The summed E-state index contributed by atoms with van der Waals surface area (Å²) in [5.41, 5.74) is 2.09. The molecule has 1 atom stereocenters. The fourth-order valence-electron chi connectivity index (χ4n) is 1.85. The molecule has 0 aliphatic carbocycles. The number of anilines is 1. The number of benzene rings is 2. The first kappa shape index (κ1) is 14.9. The van der Waals surface area contributed by atoms with Gasteiger partial charge in [0.15, 0.2) is 0 Å². The molecule has 2 rings (SSSR count). The Morgan fingerprint density at radius 3 is 2.50 bits per heavy atom. The maximum absolute atomic E-state index is 13.5. The van der Waals surface area contributed by atoms with Gasteiger partial charge in [-0.3, -0.25) is 0 Å². The molecule has 2 N–H and O–H groups in total. The van der Waals surface area contributed by atoms with Crippen LogP contribution < -0.4 is 5.32 Å². The van der Waals surface area contributed by atoms with E-state index in [2.05, 4.69) is 21.2 Å². The highest BCUT2D eigenvalue weighted by molar-refractivity contribution is 9.10. The third-order valence-corrected chi connectivity index (χ3v) is 3.62. The molecule has 0 spiro atoms. The Morgan fingerprint density at radius 2 is 1.85 bits per heavy atom. The number of aryl methyl sites for hydroxylation is 1. The molecule has 0 heterocycles. The zero-order valence-corrected chi connectivity index (χ0v) is 12.4. The Morgan fingerprint density at radius 1 is 1.20 bits per heavy atom. The lowest BCUT2D eigenvalue weighted by Gasteiger charge is -2.15. The lowest BCUT2D eigenvalue weighted by atomic mass is 10.1. The number of rotatable bonds is 4. The normalized spacial score (nSPS) is 12.2. The van der Waals surface area contributed by atoms with Gasteiger partial charge in [-0.05, 0) is 58.2 Å². The zero-order valence-electron chi connectivity index (χ0n) is 10.8. The fourth-order valence-corrected chi connectivity index (χ4v) is 2.30. The van der Waals surface area contributed by atoms with E-state index in [0.717, 1.165) is 5.56 Å². The summed E-state index contributed by atoms with van der Waals surface area (Å²) >= 11 is 3.12. The van der Waals surface area contributed by atoms with Crippen LogP contribution in [0.15, 0.2) is 40.9 Å². The number of hydrogen-bond acceptors (Lipinski definition) is 2. The van der Waals surface area contributed by atoms with Crippen LogP contribution in [0.5, 0.6) is 0 Å². The maximum Gasteiger partial charge on any atom is 0.139 e. The van der Waals surface area contributed by atoms with Crippen LogP contribution in [0.3, 0.4) is 0 Å². The monoisotopic (exact) mass is 341 g/mol. The van der Waals surface area contributed by atoms with Crippen molar-refractivity contribution in [2.45, 2.75) is 13.0 Å². The molecule has 106 valence electrons. The van der Waals surface area contributed by atoms with Gasteiger partial charge in [0, 0.05) is 12.2 Å². The SMILES string of the molecule is Cc1cc(Br)c(F)cc1NCC(O)c1ccc(F)cc1. The van der Waals surface area contributed by atoms with Gasteiger partial charge in [0.25, 0.3) is 0 Å². The molecule has 0 saturated carbocycles. The molecule has 0 aliphatic rings. The predicted octanol–water partition coefficient (Wildman–Crippen LogP) is 4.18. The van der Waals surface area contributed by atoms with Gasteiger partial charge in [0.2, 0.25) is 0 Å². The van der Waals surface area contributed by atoms with Crippen LogP contribution >= 0.6 is 15.9 Å². The fraction of sp³-hybridized carbons (Fsp3) is 0.200. The second kappa shape index (κ2) is 6.33. The molecule has 0 aromatic heterocycles. The third kappa shape index (κ3) is 3.55. The Bertz CT molecular complexity index is 602. The number of aliphatic hydroxyl groups is 1. The molecule has 5 heteroatoms. The van der Waals surface area contributed by atoms with Gasteiger partial charge in [0.1, 0.15) is 11.6 Å². The maximum atomic E-state index is 13.5. The lowest BCUT2D eigenvalue weighted by molar-refractivity contribution is 0.191.